The fourth-order valence-electron chi connectivity index (χ4n) is 3.17. The van der Waals surface area contributed by atoms with Gasteiger partial charge in [-0.25, -0.2) is 0 Å². The van der Waals surface area contributed by atoms with Gasteiger partial charge in [0.1, 0.15) is 0 Å². The van der Waals surface area contributed by atoms with Crippen LogP contribution in [-0.2, 0) is 4.79 Å². The normalized spacial score (nSPS) is 15.1. The number of hydrogen-bond acceptors (Lipinski definition) is 2. The number of nitrogens with zero attached hydrogens (tertiary/aromatic N) is 1. The average molecular weight is 403 g/mol. The molecule has 0 saturated carbocycles. The van der Waals surface area contributed by atoms with E-state index in [4.69, 9.17) is 0 Å². The van der Waals surface area contributed by atoms with Gasteiger partial charge in [-0.05, 0) is 59.5 Å². The molecule has 1 amide bonds. The molecule has 0 spiro atoms. The smallest absolute Gasteiger partial charge is 0.251 e. The van der Waals surface area contributed by atoms with Gasteiger partial charge in [0.25, 0.3) is 5.91 Å². The first-order valence-corrected chi connectivity index (χ1v) is 9.66. The highest BCUT2D eigenvalue weighted by Crippen LogP contribution is 2.35. The molecule has 0 heterocycles. The van der Waals surface area contributed by atoms with E-state index in [0.29, 0.717) is 0 Å². The monoisotopic (exact) mass is 402 g/mol. The van der Waals surface area contributed by atoms with Gasteiger partial charge >= 0.3 is 0 Å². The van der Waals surface area contributed by atoms with Gasteiger partial charge in [0.05, 0.1) is 5.69 Å². The minimum Gasteiger partial charge on any atom is -0.371 e. The van der Waals surface area contributed by atoms with Crippen molar-refractivity contribution in [2.24, 2.45) is 0 Å². The van der Waals surface area contributed by atoms with Crippen molar-refractivity contribution in [3.63, 3.8) is 0 Å². The summed E-state index contributed by atoms with van der Waals surface area (Å²) in [6.45, 7) is 8.43. The molecule has 0 saturated heterocycles. The predicted molar refractivity (Wildman–Crippen MR) is 110 cm³/mol. The van der Waals surface area contributed by atoms with E-state index in [1.54, 1.807) is 7.05 Å². The summed E-state index contributed by atoms with van der Waals surface area (Å²) in [6.07, 6.45) is 8.95. The van der Waals surface area contributed by atoms with Crippen molar-refractivity contribution < 1.29 is 4.79 Å². The second-order valence-corrected chi connectivity index (χ2v) is 6.94. The molecule has 1 N–H and O–H groups in total. The molecule has 1 atom stereocenters. The van der Waals surface area contributed by atoms with Crippen molar-refractivity contribution >= 4 is 27.5 Å². The largest absolute Gasteiger partial charge is 0.371 e. The molecule has 0 bridgehead atoms. The van der Waals surface area contributed by atoms with E-state index in [1.807, 2.05) is 12.2 Å². The Morgan fingerprint density at radius 1 is 1.32 bits per heavy atom. The second-order valence-electron chi connectivity index (χ2n) is 6.09. The zero-order valence-corrected chi connectivity index (χ0v) is 17.1. The maximum Gasteiger partial charge on any atom is 0.251 e. The molecule has 1 aromatic carbocycles. The highest BCUT2D eigenvalue weighted by Gasteiger charge is 2.21. The van der Waals surface area contributed by atoms with Gasteiger partial charge in [-0.15, -0.1) is 0 Å². The number of halogens is 1. The van der Waals surface area contributed by atoms with Crippen molar-refractivity contribution in [2.75, 3.05) is 25.0 Å². The molecule has 0 fully saturated rings. The van der Waals surface area contributed by atoms with Crippen LogP contribution in [-0.4, -0.2) is 26.0 Å². The van der Waals surface area contributed by atoms with Crippen LogP contribution in [0.5, 0.6) is 0 Å². The molecule has 0 aliphatic heterocycles. The van der Waals surface area contributed by atoms with E-state index in [1.165, 1.54) is 11.3 Å². The number of allylic oxidation sites excluding steroid dienone is 4. The quantitative estimate of drug-likeness (QED) is 0.729. The minimum atomic E-state index is -0.0272. The number of rotatable bonds is 6. The molecule has 0 aromatic heterocycles. The van der Waals surface area contributed by atoms with Crippen LogP contribution < -0.4 is 10.2 Å². The van der Waals surface area contributed by atoms with Gasteiger partial charge in [0.2, 0.25) is 0 Å². The molecular formula is C21H27BrN2O. The molecule has 1 unspecified atom stereocenters. The predicted octanol–water partition coefficient (Wildman–Crippen LogP) is 4.96. The van der Waals surface area contributed by atoms with Gasteiger partial charge in [-0.2, -0.15) is 0 Å². The van der Waals surface area contributed by atoms with Crippen molar-refractivity contribution in [3.05, 3.63) is 63.7 Å². The van der Waals surface area contributed by atoms with Gasteiger partial charge in [0.15, 0.2) is 0 Å². The maximum atomic E-state index is 12.3. The zero-order chi connectivity index (χ0) is 18.4. The summed E-state index contributed by atoms with van der Waals surface area (Å²) in [5.41, 5.74) is 4.22. The van der Waals surface area contributed by atoms with Crippen LogP contribution in [0.1, 0.15) is 38.7 Å². The first-order valence-electron chi connectivity index (χ1n) is 8.87. The third kappa shape index (κ3) is 4.43. The zero-order valence-electron chi connectivity index (χ0n) is 15.5. The Balaban J connectivity index is 2.37. The maximum absolute atomic E-state index is 12.3. The summed E-state index contributed by atoms with van der Waals surface area (Å²) in [5, 5.41) is 2.76. The molecule has 134 valence electrons. The standard InChI is InChI=1S/C21H27BrN2O/c1-5-24(6-2)20-13-12-16(14-19(20)22)15(3)17-10-8-7-9-11-18(17)21(25)23-4/h7-8,10-15H,5-6,9H2,1-4H3,(H,23,25). The first kappa shape index (κ1) is 19.5. The van der Waals surface area contributed by atoms with Crippen LogP contribution in [0, 0.1) is 0 Å². The van der Waals surface area contributed by atoms with Crippen molar-refractivity contribution in [1.82, 2.24) is 5.32 Å². The van der Waals surface area contributed by atoms with E-state index >= 15 is 0 Å². The van der Waals surface area contributed by atoms with E-state index in [0.717, 1.165) is 35.1 Å². The molecular weight excluding hydrogens is 376 g/mol. The lowest BCUT2D eigenvalue weighted by Crippen LogP contribution is -2.23. The molecule has 1 aliphatic rings. The van der Waals surface area contributed by atoms with E-state index in [2.05, 4.69) is 77.3 Å². The van der Waals surface area contributed by atoms with Crippen molar-refractivity contribution in [3.8, 4) is 0 Å². The van der Waals surface area contributed by atoms with E-state index in [9.17, 15) is 4.79 Å². The van der Waals surface area contributed by atoms with Crippen LogP contribution in [0.25, 0.3) is 0 Å². The number of hydrogen-bond donors (Lipinski definition) is 1. The Bertz CT molecular complexity index is 715. The molecule has 3 nitrogen and oxygen atoms in total. The van der Waals surface area contributed by atoms with Gasteiger partial charge in [-0.1, -0.05) is 37.3 Å². The summed E-state index contributed by atoms with van der Waals surface area (Å²) in [7, 11) is 1.68. The van der Waals surface area contributed by atoms with Gasteiger partial charge < -0.3 is 10.2 Å². The Labute approximate surface area is 159 Å². The summed E-state index contributed by atoms with van der Waals surface area (Å²) in [4.78, 5) is 14.6. The van der Waals surface area contributed by atoms with Gasteiger partial charge in [-0.3, -0.25) is 4.79 Å². The Hall–Kier alpha value is -1.81. The topological polar surface area (TPSA) is 32.3 Å². The van der Waals surface area contributed by atoms with Crippen LogP contribution in [0.3, 0.4) is 0 Å². The fraction of sp³-hybridized carbons (Fsp3) is 0.381. The summed E-state index contributed by atoms with van der Waals surface area (Å²) in [6, 6.07) is 6.51. The molecule has 2 rings (SSSR count). The molecule has 1 aromatic rings. The summed E-state index contributed by atoms with van der Waals surface area (Å²) in [5.74, 6) is 0.106. The van der Waals surface area contributed by atoms with Crippen LogP contribution >= 0.6 is 15.9 Å². The van der Waals surface area contributed by atoms with Crippen molar-refractivity contribution in [2.45, 2.75) is 33.1 Å². The second kappa shape index (κ2) is 9.04. The average Bonchev–Trinajstić information content (AvgIpc) is 2.88. The number of likely N-dealkylation sites (N-methyl/N-ethyl adjacent to an activating group) is 1. The highest BCUT2D eigenvalue weighted by molar-refractivity contribution is 9.10. The number of nitrogens with one attached hydrogen (secondary N) is 1. The lowest BCUT2D eigenvalue weighted by atomic mass is 9.87. The number of carbonyl (C=O) groups is 1. The van der Waals surface area contributed by atoms with Gasteiger partial charge in [0, 0.05) is 36.1 Å². The molecule has 0 radical (unpaired) electrons. The van der Waals surface area contributed by atoms with E-state index < -0.39 is 0 Å². The lowest BCUT2D eigenvalue weighted by Gasteiger charge is -2.24. The fourth-order valence-corrected chi connectivity index (χ4v) is 3.82. The third-order valence-corrected chi connectivity index (χ3v) is 5.33. The number of carbonyl (C=O) groups excluding carboxylic acids is 1. The van der Waals surface area contributed by atoms with E-state index in [-0.39, 0.29) is 11.8 Å². The Morgan fingerprint density at radius 2 is 2.04 bits per heavy atom. The highest BCUT2D eigenvalue weighted by atomic mass is 79.9. The SMILES string of the molecule is CCN(CC)c1ccc(C(C)C2=CC=CCC=C2C(=O)NC)cc1Br. The lowest BCUT2D eigenvalue weighted by molar-refractivity contribution is -0.116. The van der Waals surface area contributed by atoms with Crippen LogP contribution in [0.15, 0.2) is 58.1 Å². The first-order chi connectivity index (χ1) is 12.0. The molecule has 4 heteroatoms. The number of anilines is 1. The third-order valence-electron chi connectivity index (χ3n) is 4.69. The van der Waals surface area contributed by atoms with Crippen LogP contribution in [0.4, 0.5) is 5.69 Å². The summed E-state index contributed by atoms with van der Waals surface area (Å²) < 4.78 is 1.09. The number of amides is 1. The Kier molecular flexibility index (Phi) is 7.06. The van der Waals surface area contributed by atoms with Crippen LogP contribution in [0.2, 0.25) is 0 Å². The minimum absolute atomic E-state index is 0.0272. The van der Waals surface area contributed by atoms with Crippen molar-refractivity contribution in [1.29, 1.82) is 0 Å². The molecule has 1 aliphatic carbocycles. The summed E-state index contributed by atoms with van der Waals surface area (Å²) >= 11 is 3.73. The molecule has 25 heavy (non-hydrogen) atoms. The Morgan fingerprint density at radius 3 is 2.64 bits per heavy atom. The number of benzene rings is 1.